The van der Waals surface area contributed by atoms with Crippen molar-refractivity contribution in [2.75, 3.05) is 7.05 Å². The van der Waals surface area contributed by atoms with E-state index in [1.165, 1.54) is 12.1 Å². The van der Waals surface area contributed by atoms with Gasteiger partial charge in [0.15, 0.2) is 0 Å². The van der Waals surface area contributed by atoms with Crippen molar-refractivity contribution >= 4 is 11.8 Å². The number of primary amides is 1. The molecule has 4 nitrogen and oxygen atoms in total. The van der Waals surface area contributed by atoms with Crippen molar-refractivity contribution in [3.63, 3.8) is 0 Å². The Hall–Kier alpha value is -2.49. The summed E-state index contributed by atoms with van der Waals surface area (Å²) in [6.07, 6.45) is -3.76. The summed E-state index contributed by atoms with van der Waals surface area (Å²) in [6, 6.07) is 4.15. The number of nitrogens with one attached hydrogen (secondary N) is 1. The third-order valence-electron chi connectivity index (χ3n) is 2.51. The highest BCUT2D eigenvalue weighted by molar-refractivity contribution is 5.92. The van der Waals surface area contributed by atoms with E-state index in [0.717, 1.165) is 12.1 Å². The first kappa shape index (κ1) is 21.5. The van der Waals surface area contributed by atoms with Crippen molar-refractivity contribution in [2.24, 2.45) is 11.1 Å². The number of alkyl halides is 3. The molecule has 0 radical (unpaired) electrons. The van der Waals surface area contributed by atoms with Crippen LogP contribution < -0.4 is 11.1 Å². The third-order valence-corrected chi connectivity index (χ3v) is 2.51. The van der Waals surface area contributed by atoms with Gasteiger partial charge < -0.3 is 11.1 Å². The highest BCUT2D eigenvalue weighted by Crippen LogP contribution is 2.28. The van der Waals surface area contributed by atoms with Crippen LogP contribution in [0, 0.1) is 17.3 Å². The van der Waals surface area contributed by atoms with Gasteiger partial charge in [-0.05, 0) is 35.6 Å². The summed E-state index contributed by atoms with van der Waals surface area (Å²) in [5.41, 5.74) is 4.41. The minimum atomic E-state index is -4.37. The standard InChI is InChI=1S/C10H6F3NO.C7H15NO/c11-10(12,13)8-4-1-7(2-5-8)3-6-9(14)15;1-7(2,3)5-6(9)8-4/h1-2,4-5H,(H2,14,15);5H2,1-4H3,(H,8,9). The summed E-state index contributed by atoms with van der Waals surface area (Å²) in [5.74, 6) is 3.65. The Bertz CT molecular complexity index is 618. The molecule has 0 saturated carbocycles. The normalized spacial score (nSPS) is 10.6. The molecule has 24 heavy (non-hydrogen) atoms. The zero-order valence-electron chi connectivity index (χ0n) is 14.0. The smallest absolute Gasteiger partial charge is 0.359 e. The molecule has 0 aliphatic carbocycles. The van der Waals surface area contributed by atoms with Gasteiger partial charge in [0.25, 0.3) is 5.91 Å². The molecule has 1 aromatic carbocycles. The molecule has 1 rings (SSSR count). The summed E-state index contributed by atoms with van der Waals surface area (Å²) in [7, 11) is 1.66. The number of hydrogen-bond donors (Lipinski definition) is 2. The van der Waals surface area contributed by atoms with Crippen LogP contribution in [0.2, 0.25) is 0 Å². The van der Waals surface area contributed by atoms with Gasteiger partial charge >= 0.3 is 6.18 Å². The molecule has 3 N–H and O–H groups in total. The Kier molecular flexibility index (Phi) is 8.03. The van der Waals surface area contributed by atoms with Gasteiger partial charge in [-0.2, -0.15) is 13.2 Å². The lowest BCUT2D eigenvalue weighted by Crippen LogP contribution is -2.23. The fourth-order valence-corrected chi connectivity index (χ4v) is 1.45. The largest absolute Gasteiger partial charge is 0.416 e. The number of hydrogen-bond acceptors (Lipinski definition) is 2. The van der Waals surface area contributed by atoms with Gasteiger partial charge in [0, 0.05) is 19.0 Å². The fourth-order valence-electron chi connectivity index (χ4n) is 1.45. The van der Waals surface area contributed by atoms with E-state index in [9.17, 15) is 22.8 Å². The van der Waals surface area contributed by atoms with E-state index in [-0.39, 0.29) is 11.3 Å². The second-order valence-electron chi connectivity index (χ2n) is 6.10. The molecule has 7 heteroatoms. The molecule has 0 fully saturated rings. The summed E-state index contributed by atoms with van der Waals surface area (Å²) in [6.45, 7) is 6.13. The Morgan fingerprint density at radius 2 is 1.62 bits per heavy atom. The van der Waals surface area contributed by atoms with Crippen molar-refractivity contribution in [3.8, 4) is 11.8 Å². The number of rotatable bonds is 1. The van der Waals surface area contributed by atoms with E-state index in [0.29, 0.717) is 12.0 Å². The molecular weight excluding hydrogens is 321 g/mol. The van der Waals surface area contributed by atoms with E-state index in [4.69, 9.17) is 5.73 Å². The molecular formula is C17H21F3N2O2. The van der Waals surface area contributed by atoms with E-state index >= 15 is 0 Å². The van der Waals surface area contributed by atoms with Gasteiger partial charge in [-0.1, -0.05) is 26.7 Å². The Morgan fingerprint density at radius 3 is 1.92 bits per heavy atom. The molecule has 0 unspecified atom stereocenters. The van der Waals surface area contributed by atoms with Crippen LogP contribution in [-0.4, -0.2) is 18.9 Å². The van der Waals surface area contributed by atoms with Crippen LogP contribution in [0.15, 0.2) is 24.3 Å². The third kappa shape index (κ3) is 10.3. The van der Waals surface area contributed by atoms with Crippen LogP contribution in [0.1, 0.15) is 38.3 Å². The number of benzene rings is 1. The van der Waals surface area contributed by atoms with Gasteiger partial charge in [0.1, 0.15) is 0 Å². The number of amides is 2. The minimum Gasteiger partial charge on any atom is -0.359 e. The topological polar surface area (TPSA) is 72.2 Å². The highest BCUT2D eigenvalue weighted by Gasteiger charge is 2.29. The molecule has 0 saturated heterocycles. The quantitative estimate of drug-likeness (QED) is 0.770. The Balaban J connectivity index is 0.000000506. The first-order valence-corrected chi connectivity index (χ1v) is 7.04. The molecule has 1 aromatic rings. The summed E-state index contributed by atoms with van der Waals surface area (Å²) in [4.78, 5) is 21.0. The molecule has 132 valence electrons. The van der Waals surface area contributed by atoms with Crippen LogP contribution in [0.5, 0.6) is 0 Å². The first-order chi connectivity index (χ1) is 10.8. The fraction of sp³-hybridized carbons (Fsp3) is 0.412. The molecule has 0 spiro atoms. The predicted molar refractivity (Wildman–Crippen MR) is 85.7 cm³/mol. The molecule has 0 bridgehead atoms. The van der Waals surface area contributed by atoms with Gasteiger partial charge in [-0.3, -0.25) is 9.59 Å². The van der Waals surface area contributed by atoms with Crippen LogP contribution in [0.25, 0.3) is 0 Å². The highest BCUT2D eigenvalue weighted by atomic mass is 19.4. The first-order valence-electron chi connectivity index (χ1n) is 7.04. The van der Waals surface area contributed by atoms with E-state index in [2.05, 4.69) is 11.2 Å². The Labute approximate surface area is 139 Å². The van der Waals surface area contributed by atoms with Gasteiger partial charge in [-0.25, -0.2) is 0 Å². The van der Waals surface area contributed by atoms with Crippen molar-refractivity contribution in [3.05, 3.63) is 35.4 Å². The van der Waals surface area contributed by atoms with Crippen molar-refractivity contribution in [1.29, 1.82) is 0 Å². The average molecular weight is 342 g/mol. The maximum Gasteiger partial charge on any atom is 0.416 e. The van der Waals surface area contributed by atoms with Crippen molar-refractivity contribution in [1.82, 2.24) is 5.32 Å². The monoisotopic (exact) mass is 342 g/mol. The van der Waals surface area contributed by atoms with Crippen molar-refractivity contribution < 1.29 is 22.8 Å². The molecule has 0 aliphatic heterocycles. The van der Waals surface area contributed by atoms with E-state index < -0.39 is 17.6 Å². The zero-order chi connectivity index (χ0) is 19.0. The van der Waals surface area contributed by atoms with Gasteiger partial charge in [0.2, 0.25) is 5.91 Å². The second-order valence-corrected chi connectivity index (χ2v) is 6.10. The van der Waals surface area contributed by atoms with Crippen LogP contribution in [0.4, 0.5) is 13.2 Å². The van der Waals surface area contributed by atoms with Gasteiger partial charge in [-0.15, -0.1) is 0 Å². The van der Waals surface area contributed by atoms with E-state index in [1.54, 1.807) is 7.05 Å². The van der Waals surface area contributed by atoms with E-state index in [1.807, 2.05) is 26.7 Å². The number of halogens is 3. The van der Waals surface area contributed by atoms with Crippen molar-refractivity contribution in [2.45, 2.75) is 33.4 Å². The lowest BCUT2D eigenvalue weighted by Gasteiger charge is -2.15. The predicted octanol–water partition coefficient (Wildman–Crippen LogP) is 2.71. The number of nitrogens with two attached hydrogens (primary N) is 1. The SMILES string of the molecule is CNC(=O)CC(C)(C)C.NC(=O)C#Cc1ccc(C(F)(F)F)cc1. The maximum absolute atomic E-state index is 12.1. The number of carbonyl (C=O) groups excluding carboxylic acids is 2. The number of carbonyl (C=O) groups is 2. The maximum atomic E-state index is 12.1. The lowest BCUT2D eigenvalue weighted by atomic mass is 9.92. The molecule has 0 heterocycles. The van der Waals surface area contributed by atoms with Crippen LogP contribution in [-0.2, 0) is 15.8 Å². The zero-order valence-corrected chi connectivity index (χ0v) is 14.0. The summed E-state index contributed by atoms with van der Waals surface area (Å²) in [5, 5.41) is 2.58. The Morgan fingerprint density at radius 1 is 1.12 bits per heavy atom. The van der Waals surface area contributed by atoms with Crippen LogP contribution in [0.3, 0.4) is 0 Å². The minimum absolute atomic E-state index is 0.111. The average Bonchev–Trinajstić information content (AvgIpc) is 2.43. The second kappa shape index (κ2) is 8.96. The molecule has 0 aliphatic rings. The molecule has 2 amide bonds. The summed E-state index contributed by atoms with van der Waals surface area (Å²) >= 11 is 0. The van der Waals surface area contributed by atoms with Crippen LogP contribution >= 0.6 is 0 Å². The molecule has 0 atom stereocenters. The van der Waals surface area contributed by atoms with Gasteiger partial charge in [0.05, 0.1) is 5.56 Å². The lowest BCUT2D eigenvalue weighted by molar-refractivity contribution is -0.137. The molecule has 0 aromatic heterocycles. The summed E-state index contributed by atoms with van der Waals surface area (Å²) < 4.78 is 36.4.